The third kappa shape index (κ3) is 2.49. The number of hydrogen-bond acceptors (Lipinski definition) is 3. The Hall–Kier alpha value is -1.36. The van der Waals surface area contributed by atoms with Gasteiger partial charge in [0.25, 0.3) is 0 Å². The van der Waals surface area contributed by atoms with Gasteiger partial charge in [-0.05, 0) is 25.0 Å². The standard InChI is InChI=1S/C12H12BrNO3/c13-7-3-4-8-14-10-6-2-1-5-9(10)11(15)17-12(14)16/h1-2,5-6H,3-4,7-8H2. The van der Waals surface area contributed by atoms with E-state index in [0.717, 1.165) is 18.2 Å². The number of benzene rings is 1. The first kappa shape index (κ1) is 12.1. The van der Waals surface area contributed by atoms with Crippen molar-refractivity contribution in [1.29, 1.82) is 0 Å². The van der Waals surface area contributed by atoms with E-state index < -0.39 is 11.4 Å². The molecule has 0 saturated carbocycles. The van der Waals surface area contributed by atoms with Crippen molar-refractivity contribution in [2.75, 3.05) is 5.33 Å². The van der Waals surface area contributed by atoms with E-state index in [2.05, 4.69) is 15.9 Å². The molecule has 0 bridgehead atoms. The van der Waals surface area contributed by atoms with E-state index in [4.69, 9.17) is 4.42 Å². The van der Waals surface area contributed by atoms with Gasteiger partial charge in [-0.15, -0.1) is 0 Å². The summed E-state index contributed by atoms with van der Waals surface area (Å²) < 4.78 is 6.21. The van der Waals surface area contributed by atoms with Gasteiger partial charge in [-0.2, -0.15) is 0 Å². The molecule has 0 spiro atoms. The third-order valence-corrected chi connectivity index (χ3v) is 3.14. The molecular formula is C12H12BrNO3. The zero-order valence-corrected chi connectivity index (χ0v) is 10.8. The minimum atomic E-state index is -0.580. The van der Waals surface area contributed by atoms with Crippen molar-refractivity contribution >= 4 is 26.8 Å². The highest BCUT2D eigenvalue weighted by molar-refractivity contribution is 9.09. The van der Waals surface area contributed by atoms with Gasteiger partial charge in [-0.3, -0.25) is 4.57 Å². The first-order valence-electron chi connectivity index (χ1n) is 5.42. The van der Waals surface area contributed by atoms with Crippen molar-refractivity contribution in [2.24, 2.45) is 0 Å². The lowest BCUT2D eigenvalue weighted by molar-refractivity contribution is 0.412. The summed E-state index contributed by atoms with van der Waals surface area (Å²) in [6, 6.07) is 7.00. The summed E-state index contributed by atoms with van der Waals surface area (Å²) in [4.78, 5) is 23.1. The van der Waals surface area contributed by atoms with Crippen molar-refractivity contribution < 1.29 is 4.42 Å². The Morgan fingerprint density at radius 1 is 1.18 bits per heavy atom. The van der Waals surface area contributed by atoms with Gasteiger partial charge in [-0.25, -0.2) is 9.59 Å². The molecule has 1 aromatic heterocycles. The highest BCUT2D eigenvalue weighted by atomic mass is 79.9. The van der Waals surface area contributed by atoms with E-state index in [9.17, 15) is 9.59 Å². The number of halogens is 1. The summed E-state index contributed by atoms with van der Waals surface area (Å²) in [6.45, 7) is 0.564. The molecule has 1 heterocycles. The number of aromatic nitrogens is 1. The fourth-order valence-corrected chi connectivity index (χ4v) is 2.14. The Kier molecular flexibility index (Phi) is 3.78. The SMILES string of the molecule is O=c1oc(=O)n(CCCCBr)c2ccccc12. The van der Waals surface area contributed by atoms with Crippen LogP contribution in [0.1, 0.15) is 12.8 Å². The van der Waals surface area contributed by atoms with E-state index in [0.29, 0.717) is 17.4 Å². The second-order valence-corrected chi connectivity index (χ2v) is 4.51. The number of para-hydroxylation sites is 1. The highest BCUT2D eigenvalue weighted by Gasteiger charge is 2.07. The molecule has 2 rings (SSSR count). The molecule has 0 N–H and O–H groups in total. The average Bonchev–Trinajstić information content (AvgIpc) is 2.33. The quantitative estimate of drug-likeness (QED) is 0.642. The van der Waals surface area contributed by atoms with Crippen molar-refractivity contribution in [2.45, 2.75) is 19.4 Å². The molecule has 0 aliphatic heterocycles. The summed E-state index contributed by atoms with van der Waals surface area (Å²) in [5.74, 6) is -0.580. The van der Waals surface area contributed by atoms with Crippen LogP contribution in [0.25, 0.3) is 10.9 Å². The van der Waals surface area contributed by atoms with Gasteiger partial charge in [0.05, 0.1) is 10.9 Å². The van der Waals surface area contributed by atoms with E-state index in [1.54, 1.807) is 18.2 Å². The minimum Gasteiger partial charge on any atom is -0.372 e. The Morgan fingerprint density at radius 3 is 2.71 bits per heavy atom. The lowest BCUT2D eigenvalue weighted by Crippen LogP contribution is -2.25. The largest absolute Gasteiger partial charge is 0.422 e. The smallest absolute Gasteiger partial charge is 0.372 e. The summed E-state index contributed by atoms with van der Waals surface area (Å²) in [5, 5.41) is 1.35. The van der Waals surface area contributed by atoms with Crippen LogP contribution in [0.15, 0.2) is 38.3 Å². The van der Waals surface area contributed by atoms with Crippen molar-refractivity contribution in [3.63, 3.8) is 0 Å². The molecule has 0 atom stereocenters. The lowest BCUT2D eigenvalue weighted by atomic mass is 10.2. The van der Waals surface area contributed by atoms with Crippen LogP contribution in [0.3, 0.4) is 0 Å². The maximum Gasteiger partial charge on any atom is 0.422 e. The molecule has 0 aliphatic carbocycles. The predicted molar refractivity (Wildman–Crippen MR) is 69.8 cm³/mol. The maximum absolute atomic E-state index is 11.6. The summed E-state index contributed by atoms with van der Waals surface area (Å²) in [6.07, 6.45) is 1.84. The monoisotopic (exact) mass is 297 g/mol. The fourth-order valence-electron chi connectivity index (χ4n) is 1.75. The van der Waals surface area contributed by atoms with Crippen molar-refractivity contribution in [3.8, 4) is 0 Å². The maximum atomic E-state index is 11.6. The van der Waals surface area contributed by atoms with Gasteiger partial charge in [0.1, 0.15) is 0 Å². The first-order valence-corrected chi connectivity index (χ1v) is 6.55. The topological polar surface area (TPSA) is 52.2 Å². The van der Waals surface area contributed by atoms with Gasteiger partial charge >= 0.3 is 11.4 Å². The number of rotatable bonds is 4. The fraction of sp³-hybridized carbons (Fsp3) is 0.333. The first-order chi connectivity index (χ1) is 8.24. The molecule has 90 valence electrons. The second-order valence-electron chi connectivity index (χ2n) is 3.72. The molecule has 0 aliphatic rings. The minimum absolute atomic E-state index is 0.450. The zero-order valence-electron chi connectivity index (χ0n) is 9.19. The van der Waals surface area contributed by atoms with Gasteiger partial charge in [0.2, 0.25) is 0 Å². The molecule has 17 heavy (non-hydrogen) atoms. The highest BCUT2D eigenvalue weighted by Crippen LogP contribution is 2.08. The number of nitrogens with zero attached hydrogens (tertiary/aromatic N) is 1. The van der Waals surface area contributed by atoms with E-state index in [1.165, 1.54) is 4.57 Å². The van der Waals surface area contributed by atoms with Crippen LogP contribution in [-0.2, 0) is 6.54 Å². The van der Waals surface area contributed by atoms with E-state index in [-0.39, 0.29) is 0 Å². The van der Waals surface area contributed by atoms with E-state index >= 15 is 0 Å². The molecule has 0 amide bonds. The normalized spacial score (nSPS) is 10.9. The number of hydrogen-bond donors (Lipinski definition) is 0. The molecule has 0 saturated heterocycles. The molecule has 0 radical (unpaired) electrons. The molecule has 0 fully saturated rings. The number of alkyl halides is 1. The van der Waals surface area contributed by atoms with Crippen LogP contribution in [-0.4, -0.2) is 9.90 Å². The van der Waals surface area contributed by atoms with Gasteiger partial charge in [-0.1, -0.05) is 28.1 Å². The zero-order chi connectivity index (χ0) is 12.3. The molecule has 2 aromatic rings. The average molecular weight is 298 g/mol. The van der Waals surface area contributed by atoms with Crippen LogP contribution < -0.4 is 11.4 Å². The van der Waals surface area contributed by atoms with Crippen molar-refractivity contribution in [1.82, 2.24) is 4.57 Å². The molecular weight excluding hydrogens is 286 g/mol. The molecule has 5 heteroatoms. The Bertz CT molecular complexity index is 629. The van der Waals surface area contributed by atoms with Gasteiger partial charge < -0.3 is 4.42 Å². The summed E-state index contributed by atoms with van der Waals surface area (Å²) in [7, 11) is 0. The number of aryl methyl sites for hydroxylation is 1. The van der Waals surface area contributed by atoms with Crippen molar-refractivity contribution in [3.05, 3.63) is 45.2 Å². The van der Waals surface area contributed by atoms with Gasteiger partial charge in [0.15, 0.2) is 0 Å². The Morgan fingerprint density at radius 2 is 1.94 bits per heavy atom. The Balaban J connectivity index is 2.54. The summed E-state index contributed by atoms with van der Waals surface area (Å²) in [5.41, 5.74) is 0.0747. The molecule has 1 aromatic carbocycles. The van der Waals surface area contributed by atoms with Crippen LogP contribution in [0.4, 0.5) is 0 Å². The van der Waals surface area contributed by atoms with E-state index in [1.807, 2.05) is 6.07 Å². The molecule has 0 unspecified atom stereocenters. The third-order valence-electron chi connectivity index (χ3n) is 2.58. The molecule has 4 nitrogen and oxygen atoms in total. The number of fused-ring (bicyclic) bond motifs is 1. The number of unbranched alkanes of at least 4 members (excludes halogenated alkanes) is 1. The Labute approximate surface area is 106 Å². The second kappa shape index (κ2) is 5.31. The predicted octanol–water partition coefficient (Wildman–Crippen LogP) is 2.13. The van der Waals surface area contributed by atoms with Crippen LogP contribution in [0.5, 0.6) is 0 Å². The van der Waals surface area contributed by atoms with Gasteiger partial charge in [0, 0.05) is 11.9 Å². The van der Waals surface area contributed by atoms with Crippen LogP contribution in [0, 0.1) is 0 Å². The van der Waals surface area contributed by atoms with Crippen LogP contribution in [0.2, 0.25) is 0 Å². The van der Waals surface area contributed by atoms with Crippen LogP contribution >= 0.6 is 15.9 Å². The lowest BCUT2D eigenvalue weighted by Gasteiger charge is -2.07. The summed E-state index contributed by atoms with van der Waals surface area (Å²) >= 11 is 3.34.